The smallest absolute Gasteiger partial charge is 0.238 e. The Bertz CT molecular complexity index is 1320. The lowest BCUT2D eigenvalue weighted by Crippen LogP contribution is -2.45. The summed E-state index contributed by atoms with van der Waals surface area (Å²) in [5, 5.41) is 0. The van der Waals surface area contributed by atoms with Gasteiger partial charge in [0.25, 0.3) is 0 Å². The van der Waals surface area contributed by atoms with Crippen molar-refractivity contribution >= 4 is 23.4 Å². The van der Waals surface area contributed by atoms with E-state index in [1.54, 1.807) is 12.3 Å². The second kappa shape index (κ2) is 7.83. The standard InChI is InChI=1S/C26H23F2N3O3/c1-4-14-5-6-15(9-18(14)29)19-10-17-16(12-30-19)13-31(25(32)26(17)7-8-26)24-22(27)20(33-2)11-21(34-3)23(24)28/h4-6,9-12H,1,7-8,13,29H2,2-3H3. The van der Waals surface area contributed by atoms with E-state index in [4.69, 9.17) is 15.2 Å². The van der Waals surface area contributed by atoms with Crippen molar-refractivity contribution in [1.29, 1.82) is 0 Å². The average Bonchev–Trinajstić information content (AvgIpc) is 3.64. The molecule has 1 aliphatic carbocycles. The van der Waals surface area contributed by atoms with E-state index in [-0.39, 0.29) is 24.0 Å². The summed E-state index contributed by atoms with van der Waals surface area (Å²) in [6, 6.07) is 8.58. The average molecular weight is 463 g/mol. The van der Waals surface area contributed by atoms with Crippen LogP contribution in [0.25, 0.3) is 17.3 Å². The molecule has 2 aromatic carbocycles. The van der Waals surface area contributed by atoms with Crippen molar-refractivity contribution in [2.75, 3.05) is 24.9 Å². The van der Waals surface area contributed by atoms with Crippen LogP contribution in [0.5, 0.6) is 11.5 Å². The highest BCUT2D eigenvalue weighted by molar-refractivity contribution is 6.05. The molecule has 174 valence electrons. The summed E-state index contributed by atoms with van der Waals surface area (Å²) in [5.41, 5.74) is 9.24. The Kier molecular flexibility index (Phi) is 5.04. The Labute approximate surface area is 195 Å². The van der Waals surface area contributed by atoms with Gasteiger partial charge in [-0.1, -0.05) is 24.8 Å². The maximum absolute atomic E-state index is 15.2. The summed E-state index contributed by atoms with van der Waals surface area (Å²) in [7, 11) is 2.55. The number of rotatable bonds is 5. The molecular weight excluding hydrogens is 440 g/mol. The minimum Gasteiger partial charge on any atom is -0.493 e. The number of anilines is 2. The van der Waals surface area contributed by atoms with Crippen molar-refractivity contribution < 1.29 is 23.0 Å². The molecule has 8 heteroatoms. The molecule has 1 spiro atoms. The lowest BCUT2D eigenvalue weighted by molar-refractivity contribution is -0.121. The second-order valence-corrected chi connectivity index (χ2v) is 8.51. The van der Waals surface area contributed by atoms with Crippen LogP contribution in [0.2, 0.25) is 0 Å². The van der Waals surface area contributed by atoms with Gasteiger partial charge in [-0.2, -0.15) is 0 Å². The largest absolute Gasteiger partial charge is 0.493 e. The van der Waals surface area contributed by atoms with E-state index < -0.39 is 22.7 Å². The number of hydrogen-bond donors (Lipinski definition) is 1. The van der Waals surface area contributed by atoms with Gasteiger partial charge in [0.05, 0.1) is 31.9 Å². The summed E-state index contributed by atoms with van der Waals surface area (Å²) >= 11 is 0. The SMILES string of the molecule is C=Cc1ccc(-c2cc3c(cn2)CN(c2c(F)c(OC)cc(OC)c2F)C(=O)C32CC2)cc1N. The number of benzene rings is 2. The zero-order valence-corrected chi connectivity index (χ0v) is 18.8. The third kappa shape index (κ3) is 3.13. The number of carbonyl (C=O) groups is 1. The van der Waals surface area contributed by atoms with Crippen molar-refractivity contribution in [1.82, 2.24) is 4.98 Å². The van der Waals surface area contributed by atoms with Gasteiger partial charge in [0, 0.05) is 23.5 Å². The maximum atomic E-state index is 15.2. The zero-order chi connectivity index (χ0) is 24.2. The molecule has 2 aliphatic rings. The van der Waals surface area contributed by atoms with E-state index in [2.05, 4.69) is 11.6 Å². The van der Waals surface area contributed by atoms with E-state index in [9.17, 15) is 4.79 Å². The van der Waals surface area contributed by atoms with Crippen molar-refractivity contribution in [2.24, 2.45) is 0 Å². The highest BCUT2D eigenvalue weighted by atomic mass is 19.1. The highest BCUT2D eigenvalue weighted by Crippen LogP contribution is 2.55. The molecule has 1 aliphatic heterocycles. The molecule has 5 rings (SSSR count). The fraction of sp³-hybridized carbons (Fsp3) is 0.231. The molecule has 2 heterocycles. The molecule has 1 saturated carbocycles. The number of halogens is 2. The molecule has 0 unspecified atom stereocenters. The van der Waals surface area contributed by atoms with Crippen molar-refractivity contribution in [3.8, 4) is 22.8 Å². The molecule has 1 fully saturated rings. The molecule has 0 atom stereocenters. The van der Waals surface area contributed by atoms with Gasteiger partial charge in [-0.15, -0.1) is 0 Å². The second-order valence-electron chi connectivity index (χ2n) is 8.51. The lowest BCUT2D eigenvalue weighted by atomic mass is 9.85. The lowest BCUT2D eigenvalue weighted by Gasteiger charge is -2.35. The van der Waals surface area contributed by atoms with Gasteiger partial charge in [0.1, 0.15) is 5.69 Å². The third-order valence-electron chi connectivity index (χ3n) is 6.66. The third-order valence-corrected chi connectivity index (χ3v) is 6.66. The van der Waals surface area contributed by atoms with Crippen LogP contribution in [0, 0.1) is 11.6 Å². The maximum Gasteiger partial charge on any atom is 0.238 e. The minimum absolute atomic E-state index is 0.0229. The summed E-state index contributed by atoms with van der Waals surface area (Å²) < 4.78 is 40.5. The Morgan fingerprint density at radius 1 is 1.12 bits per heavy atom. The number of nitrogens with two attached hydrogens (primary N) is 1. The number of carbonyl (C=O) groups excluding carboxylic acids is 1. The van der Waals surface area contributed by atoms with E-state index >= 15 is 8.78 Å². The summed E-state index contributed by atoms with van der Waals surface area (Å²) in [6.45, 7) is 3.72. The summed E-state index contributed by atoms with van der Waals surface area (Å²) in [4.78, 5) is 19.3. The molecule has 0 radical (unpaired) electrons. The Hall–Kier alpha value is -3.94. The Balaban J connectivity index is 1.61. The molecule has 1 aromatic heterocycles. The minimum atomic E-state index is -0.948. The monoisotopic (exact) mass is 463 g/mol. The molecule has 0 bridgehead atoms. The van der Waals surface area contributed by atoms with Crippen LogP contribution in [-0.2, 0) is 16.8 Å². The van der Waals surface area contributed by atoms with E-state index in [1.807, 2.05) is 24.3 Å². The van der Waals surface area contributed by atoms with E-state index in [1.165, 1.54) is 14.2 Å². The van der Waals surface area contributed by atoms with Crippen LogP contribution >= 0.6 is 0 Å². The first-order valence-corrected chi connectivity index (χ1v) is 10.8. The van der Waals surface area contributed by atoms with Crippen molar-refractivity contribution in [2.45, 2.75) is 24.8 Å². The fourth-order valence-electron chi connectivity index (χ4n) is 4.65. The summed E-state index contributed by atoms with van der Waals surface area (Å²) in [5.74, 6) is -2.66. The van der Waals surface area contributed by atoms with Crippen molar-refractivity contribution in [3.05, 3.63) is 71.4 Å². The molecule has 2 N–H and O–H groups in total. The first-order valence-electron chi connectivity index (χ1n) is 10.8. The Morgan fingerprint density at radius 2 is 1.79 bits per heavy atom. The number of aromatic nitrogens is 1. The topological polar surface area (TPSA) is 77.7 Å². The van der Waals surface area contributed by atoms with E-state index in [0.717, 1.165) is 33.2 Å². The van der Waals surface area contributed by atoms with Crippen LogP contribution in [0.3, 0.4) is 0 Å². The van der Waals surface area contributed by atoms with Crippen LogP contribution in [0.15, 0.2) is 43.1 Å². The number of hydrogen-bond acceptors (Lipinski definition) is 5. The van der Waals surface area contributed by atoms with Gasteiger partial charge in [-0.25, -0.2) is 8.78 Å². The fourth-order valence-corrected chi connectivity index (χ4v) is 4.65. The van der Waals surface area contributed by atoms with Gasteiger partial charge in [-0.05, 0) is 41.7 Å². The quantitative estimate of drug-likeness (QED) is 0.548. The number of pyridine rings is 1. The van der Waals surface area contributed by atoms with Crippen molar-refractivity contribution in [3.63, 3.8) is 0 Å². The Morgan fingerprint density at radius 3 is 2.35 bits per heavy atom. The first kappa shape index (κ1) is 21.9. The van der Waals surface area contributed by atoms with Gasteiger partial charge in [0.15, 0.2) is 23.1 Å². The van der Waals surface area contributed by atoms with Gasteiger partial charge >= 0.3 is 0 Å². The van der Waals surface area contributed by atoms with Crippen LogP contribution in [-0.4, -0.2) is 25.1 Å². The zero-order valence-electron chi connectivity index (χ0n) is 18.8. The molecule has 6 nitrogen and oxygen atoms in total. The molecule has 1 amide bonds. The number of nitrogens with zero attached hydrogens (tertiary/aromatic N) is 2. The van der Waals surface area contributed by atoms with Crippen LogP contribution in [0.4, 0.5) is 20.2 Å². The van der Waals surface area contributed by atoms with Gasteiger partial charge in [-0.3, -0.25) is 9.78 Å². The predicted molar refractivity (Wildman–Crippen MR) is 126 cm³/mol. The van der Waals surface area contributed by atoms with Crippen LogP contribution < -0.4 is 20.1 Å². The molecule has 3 aromatic rings. The molecular formula is C26H23F2N3O3. The number of amides is 1. The normalized spacial score (nSPS) is 15.8. The van der Waals surface area contributed by atoms with E-state index in [0.29, 0.717) is 24.2 Å². The molecule has 34 heavy (non-hydrogen) atoms. The highest BCUT2D eigenvalue weighted by Gasteiger charge is 2.57. The predicted octanol–water partition coefficient (Wildman–Crippen LogP) is 4.85. The molecule has 0 saturated heterocycles. The van der Waals surface area contributed by atoms with Gasteiger partial charge < -0.3 is 20.1 Å². The number of nitrogen functional groups attached to an aromatic ring is 1. The number of methoxy groups -OCH3 is 2. The number of ether oxygens (including phenoxy) is 2. The van der Waals surface area contributed by atoms with Gasteiger partial charge in [0.2, 0.25) is 5.91 Å². The first-order chi connectivity index (χ1) is 16.3. The van der Waals surface area contributed by atoms with Crippen LogP contribution in [0.1, 0.15) is 29.5 Å². The summed E-state index contributed by atoms with van der Waals surface area (Å²) in [6.07, 6.45) is 4.51. The number of fused-ring (bicyclic) bond motifs is 2.